The SMILES string of the molecule is CC(C)(C)[Si](C)(C)O[C@@H]1CN[C@H](C(O[Si](C)(C)C)(c2cc(C(F)(F)F)cc(C(F)(F)F)c2)c2cc(C(F)(F)F)cc(C(F)(F)F)c2)C1. The predicted molar refractivity (Wildman–Crippen MR) is 157 cm³/mol. The minimum absolute atomic E-state index is 0.0514. The highest BCUT2D eigenvalue weighted by atomic mass is 28.4. The molecule has 1 fully saturated rings. The van der Waals surface area contributed by atoms with E-state index < -0.39 is 92.5 Å². The summed E-state index contributed by atoms with van der Waals surface area (Å²) >= 11 is 0. The van der Waals surface area contributed by atoms with Gasteiger partial charge in [0, 0.05) is 12.6 Å². The number of benzene rings is 2. The molecular weight excluding hydrogens is 690 g/mol. The summed E-state index contributed by atoms with van der Waals surface area (Å²) in [5, 5.41) is 2.60. The Bertz CT molecular complexity index is 1300. The third kappa shape index (κ3) is 8.94. The highest BCUT2D eigenvalue weighted by Crippen LogP contribution is 2.49. The molecule has 3 nitrogen and oxygen atoms in total. The van der Waals surface area contributed by atoms with E-state index in [1.165, 1.54) is 19.6 Å². The maximum atomic E-state index is 14.1. The molecule has 1 N–H and O–H groups in total. The molecule has 17 heteroatoms. The van der Waals surface area contributed by atoms with E-state index in [2.05, 4.69) is 5.32 Å². The van der Waals surface area contributed by atoms with Crippen LogP contribution in [0.3, 0.4) is 0 Å². The van der Waals surface area contributed by atoms with Crippen LogP contribution >= 0.6 is 0 Å². The average molecular weight is 728 g/mol. The van der Waals surface area contributed by atoms with Gasteiger partial charge in [-0.25, -0.2) is 0 Å². The van der Waals surface area contributed by atoms with Crippen LogP contribution < -0.4 is 5.32 Å². The molecule has 0 spiro atoms. The summed E-state index contributed by atoms with van der Waals surface area (Å²) in [4.78, 5) is 0. The molecular formula is C30H37F12NO2Si2. The summed E-state index contributed by atoms with van der Waals surface area (Å²) in [6.45, 7) is 13.9. The molecule has 0 bridgehead atoms. The third-order valence-electron chi connectivity index (χ3n) is 8.35. The Balaban J connectivity index is 2.52. The second-order valence-corrected chi connectivity index (χ2v) is 23.4. The van der Waals surface area contributed by atoms with Crippen molar-refractivity contribution in [2.45, 2.75) is 107 Å². The maximum absolute atomic E-state index is 14.1. The van der Waals surface area contributed by atoms with Crippen LogP contribution in [0.2, 0.25) is 37.8 Å². The molecule has 1 heterocycles. The van der Waals surface area contributed by atoms with E-state index in [-0.39, 0.29) is 30.1 Å². The molecule has 0 amide bonds. The molecule has 3 rings (SSSR count). The first kappa shape index (κ1) is 39.4. The first-order chi connectivity index (χ1) is 20.8. The number of hydrogen-bond acceptors (Lipinski definition) is 3. The Morgan fingerprint density at radius 3 is 1.17 bits per heavy atom. The summed E-state index contributed by atoms with van der Waals surface area (Å²) in [7, 11) is -5.84. The fourth-order valence-corrected chi connectivity index (χ4v) is 7.99. The summed E-state index contributed by atoms with van der Waals surface area (Å²) in [5.74, 6) is 0. The van der Waals surface area contributed by atoms with Gasteiger partial charge in [0.15, 0.2) is 16.6 Å². The van der Waals surface area contributed by atoms with Gasteiger partial charge in [0.1, 0.15) is 5.60 Å². The van der Waals surface area contributed by atoms with E-state index in [0.717, 1.165) is 0 Å². The van der Waals surface area contributed by atoms with Crippen molar-refractivity contribution in [2.75, 3.05) is 6.54 Å². The van der Waals surface area contributed by atoms with Crippen molar-refractivity contribution in [3.63, 3.8) is 0 Å². The van der Waals surface area contributed by atoms with Crippen LogP contribution in [0, 0.1) is 0 Å². The van der Waals surface area contributed by atoms with E-state index in [4.69, 9.17) is 8.85 Å². The van der Waals surface area contributed by atoms with Gasteiger partial charge in [-0.3, -0.25) is 0 Å². The van der Waals surface area contributed by atoms with E-state index in [1.54, 1.807) is 0 Å². The molecule has 266 valence electrons. The van der Waals surface area contributed by atoms with E-state index in [0.29, 0.717) is 24.3 Å². The molecule has 1 aliphatic rings. The number of rotatable bonds is 7. The maximum Gasteiger partial charge on any atom is 0.416 e. The van der Waals surface area contributed by atoms with E-state index in [1.807, 2.05) is 33.9 Å². The highest BCUT2D eigenvalue weighted by molar-refractivity contribution is 6.74. The lowest BCUT2D eigenvalue weighted by Gasteiger charge is -2.45. The largest absolute Gasteiger partial charge is 0.416 e. The van der Waals surface area contributed by atoms with Crippen LogP contribution in [0.15, 0.2) is 36.4 Å². The van der Waals surface area contributed by atoms with E-state index >= 15 is 0 Å². The zero-order chi connectivity index (χ0) is 36.4. The lowest BCUT2D eigenvalue weighted by Crippen LogP contribution is -2.53. The second kappa shape index (κ2) is 12.4. The standard InChI is InChI=1S/C30H37F12NO2Si2/c1-25(2,3)47(7,8)44-23-15-24(43-16-23)26(45-46(4,5)6,17-9-19(27(31,32)33)13-20(10-17)28(34,35)36)18-11-21(29(37,38)39)14-22(12-18)30(40,41)42/h9-14,23-24,43H,15-16H2,1-8H3/t23-,24-/m0/s1. The smallest absolute Gasteiger partial charge is 0.413 e. The van der Waals surface area contributed by atoms with Gasteiger partial charge >= 0.3 is 24.7 Å². The van der Waals surface area contributed by atoms with Gasteiger partial charge in [-0.15, -0.1) is 0 Å². The molecule has 1 saturated heterocycles. The Kier molecular flexibility index (Phi) is 10.3. The van der Waals surface area contributed by atoms with Crippen LogP contribution in [0.1, 0.15) is 60.6 Å². The third-order valence-corrected chi connectivity index (χ3v) is 13.8. The molecule has 0 saturated carbocycles. The first-order valence-electron chi connectivity index (χ1n) is 14.5. The van der Waals surface area contributed by atoms with Gasteiger partial charge in [-0.2, -0.15) is 52.7 Å². The van der Waals surface area contributed by atoms with E-state index in [9.17, 15) is 52.7 Å². The summed E-state index contributed by atoms with van der Waals surface area (Å²) in [6.07, 6.45) is -22.4. The van der Waals surface area contributed by atoms with Gasteiger partial charge in [0.25, 0.3) is 0 Å². The number of alkyl halides is 12. The van der Waals surface area contributed by atoms with Crippen molar-refractivity contribution < 1.29 is 61.5 Å². The number of hydrogen-bond donors (Lipinski definition) is 1. The van der Waals surface area contributed by atoms with Crippen molar-refractivity contribution in [2.24, 2.45) is 0 Å². The lowest BCUT2D eigenvalue weighted by molar-refractivity contribution is -0.144. The molecule has 1 aliphatic heterocycles. The summed E-state index contributed by atoms with van der Waals surface area (Å²) in [5.41, 5.74) is -11.7. The summed E-state index contributed by atoms with van der Waals surface area (Å²) in [6, 6.07) is -0.556. The average Bonchev–Trinajstić information content (AvgIpc) is 3.31. The Labute approximate surface area is 267 Å². The fraction of sp³-hybridized carbons (Fsp3) is 0.600. The zero-order valence-electron chi connectivity index (χ0n) is 26.9. The quantitative estimate of drug-likeness (QED) is 0.228. The summed E-state index contributed by atoms with van der Waals surface area (Å²) < 4.78 is 182. The van der Waals surface area contributed by atoms with Gasteiger partial charge in [0.05, 0.1) is 28.4 Å². The van der Waals surface area contributed by atoms with Crippen LogP contribution in [0.25, 0.3) is 0 Å². The molecule has 0 radical (unpaired) electrons. The van der Waals surface area contributed by atoms with Crippen LogP contribution in [-0.4, -0.2) is 35.3 Å². The topological polar surface area (TPSA) is 30.5 Å². The van der Waals surface area contributed by atoms with Crippen LogP contribution in [0.4, 0.5) is 52.7 Å². The van der Waals surface area contributed by atoms with Crippen molar-refractivity contribution in [3.8, 4) is 0 Å². The minimum Gasteiger partial charge on any atom is -0.413 e. The highest BCUT2D eigenvalue weighted by Gasteiger charge is 2.53. The predicted octanol–water partition coefficient (Wildman–Crippen LogP) is 10.6. The Hall–Kier alpha value is -2.09. The molecule has 2 aromatic carbocycles. The van der Waals surface area contributed by atoms with Crippen LogP contribution in [-0.2, 0) is 39.2 Å². The van der Waals surface area contributed by atoms with Crippen molar-refractivity contribution in [1.82, 2.24) is 5.32 Å². The Morgan fingerprint density at radius 2 is 0.894 bits per heavy atom. The van der Waals surface area contributed by atoms with Crippen LogP contribution in [0.5, 0.6) is 0 Å². The molecule has 2 atom stereocenters. The number of halogens is 12. The number of nitrogens with one attached hydrogen (secondary N) is 1. The van der Waals surface area contributed by atoms with Gasteiger partial charge < -0.3 is 14.2 Å². The zero-order valence-corrected chi connectivity index (χ0v) is 28.9. The molecule has 0 aliphatic carbocycles. The van der Waals surface area contributed by atoms with Gasteiger partial charge in [-0.1, -0.05) is 20.8 Å². The monoisotopic (exact) mass is 727 g/mol. The van der Waals surface area contributed by atoms with Crippen molar-refractivity contribution >= 4 is 16.6 Å². The molecule has 0 aromatic heterocycles. The minimum atomic E-state index is -5.37. The first-order valence-corrected chi connectivity index (χ1v) is 20.8. The lowest BCUT2D eigenvalue weighted by atomic mass is 9.77. The normalized spacial score (nSPS) is 19.4. The fourth-order valence-electron chi connectivity index (χ4n) is 5.28. The van der Waals surface area contributed by atoms with Gasteiger partial charge in [-0.05, 0) is 91.7 Å². The Morgan fingerprint density at radius 1 is 0.574 bits per heavy atom. The van der Waals surface area contributed by atoms with Gasteiger partial charge in [0.2, 0.25) is 0 Å². The van der Waals surface area contributed by atoms with Crippen molar-refractivity contribution in [3.05, 3.63) is 69.8 Å². The van der Waals surface area contributed by atoms with Crippen molar-refractivity contribution in [1.29, 1.82) is 0 Å². The molecule has 47 heavy (non-hydrogen) atoms. The molecule has 0 unspecified atom stereocenters. The second-order valence-electron chi connectivity index (χ2n) is 14.2. The molecule has 2 aromatic rings.